The molecule has 2 fully saturated rings. The maximum atomic E-state index is 12.6. The van der Waals surface area contributed by atoms with Gasteiger partial charge >= 0.3 is 6.09 Å². The minimum atomic E-state index is -0.901. The number of aromatic amines is 1. The molecule has 1 amide bonds. The summed E-state index contributed by atoms with van der Waals surface area (Å²) in [5.74, 6) is -0.455. The van der Waals surface area contributed by atoms with Crippen LogP contribution in [0.3, 0.4) is 0 Å². The van der Waals surface area contributed by atoms with Gasteiger partial charge in [-0.3, -0.25) is 20.1 Å². The Bertz CT molecular complexity index is 1630. The average molecular weight is 674 g/mol. The van der Waals surface area contributed by atoms with Crippen molar-refractivity contribution in [3.05, 3.63) is 72.4 Å². The van der Waals surface area contributed by atoms with E-state index in [-0.39, 0.29) is 0 Å². The van der Waals surface area contributed by atoms with Crippen molar-refractivity contribution in [2.45, 2.75) is 82.6 Å². The van der Waals surface area contributed by atoms with Crippen LogP contribution in [0.1, 0.15) is 64.6 Å². The highest BCUT2D eigenvalue weighted by Gasteiger charge is 2.42. The van der Waals surface area contributed by atoms with Crippen LogP contribution in [-0.2, 0) is 21.6 Å². The number of hydrogen-bond acceptors (Lipinski definition) is 10. The summed E-state index contributed by atoms with van der Waals surface area (Å²) in [6, 6.07) is 8.50. The number of carboxylic acids is 1. The van der Waals surface area contributed by atoms with Gasteiger partial charge in [0, 0.05) is 57.6 Å². The maximum absolute atomic E-state index is 12.6. The predicted octanol–water partition coefficient (Wildman–Crippen LogP) is 4.41. The van der Waals surface area contributed by atoms with E-state index in [1.807, 2.05) is 45.0 Å². The molecule has 2 aliphatic carbocycles. The lowest BCUT2D eigenvalue weighted by molar-refractivity contribution is -0.134. The largest absolute Gasteiger partial charge is 0.481 e. The topological polar surface area (TPSA) is 175 Å². The van der Waals surface area contributed by atoms with E-state index in [2.05, 4.69) is 72.0 Å². The van der Waals surface area contributed by atoms with Gasteiger partial charge in [-0.15, -0.1) is 0 Å². The molecule has 0 unspecified atom stereocenters. The van der Waals surface area contributed by atoms with Crippen LogP contribution in [0.4, 0.5) is 10.5 Å². The van der Waals surface area contributed by atoms with E-state index >= 15 is 0 Å². The Morgan fingerprint density at radius 3 is 2.37 bits per heavy atom. The first-order valence-corrected chi connectivity index (χ1v) is 17.1. The van der Waals surface area contributed by atoms with E-state index in [0.29, 0.717) is 29.8 Å². The number of anilines is 1. The monoisotopic (exact) mass is 673 g/mol. The number of para-hydroxylation sites is 1. The molecule has 3 aromatic rings. The van der Waals surface area contributed by atoms with Crippen LogP contribution in [0.25, 0.3) is 11.0 Å². The number of H-pyrrole nitrogens is 1. The third-order valence-electron chi connectivity index (χ3n) is 9.59. The zero-order valence-electron chi connectivity index (χ0n) is 29.3. The van der Waals surface area contributed by atoms with Crippen LogP contribution in [0.5, 0.6) is 0 Å². The van der Waals surface area contributed by atoms with Crippen LogP contribution in [0.15, 0.2) is 61.1 Å². The van der Waals surface area contributed by atoms with Gasteiger partial charge in [0.2, 0.25) is 0 Å². The number of ether oxygens (including phenoxy) is 1. The second-order valence-corrected chi connectivity index (χ2v) is 14.4. The number of rotatable bonds is 7. The lowest BCUT2D eigenvalue weighted by Crippen LogP contribution is -2.54. The number of amides is 1. The smallest absolute Gasteiger partial charge is 0.412 e. The van der Waals surface area contributed by atoms with Gasteiger partial charge in [0.25, 0.3) is 5.97 Å². The third-order valence-corrected chi connectivity index (χ3v) is 9.59. The lowest BCUT2D eigenvalue weighted by Gasteiger charge is -2.46. The number of nitrogens with zero attached hydrogens (tertiary/aromatic N) is 5. The first-order chi connectivity index (χ1) is 23.3. The second kappa shape index (κ2) is 15.2. The van der Waals surface area contributed by atoms with E-state index in [0.717, 1.165) is 62.6 Å². The van der Waals surface area contributed by atoms with Crippen molar-refractivity contribution in [1.82, 2.24) is 35.3 Å². The van der Waals surface area contributed by atoms with Crippen LogP contribution in [-0.4, -0.2) is 97.5 Å². The fourth-order valence-corrected chi connectivity index (χ4v) is 7.01. The number of hydrogen-bond donors (Lipinski definition) is 5. The number of fused-ring (bicyclic) bond motifs is 1. The summed E-state index contributed by atoms with van der Waals surface area (Å²) in [6.07, 6.45) is 16.0. The van der Waals surface area contributed by atoms with E-state index in [4.69, 9.17) is 20.4 Å². The molecule has 1 aromatic carbocycles. The van der Waals surface area contributed by atoms with Crippen LogP contribution in [0, 0.1) is 5.92 Å². The van der Waals surface area contributed by atoms with Gasteiger partial charge in [-0.1, -0.05) is 42.5 Å². The molecule has 1 saturated heterocycles. The molecule has 3 aliphatic rings. The molecule has 13 nitrogen and oxygen atoms in total. The van der Waals surface area contributed by atoms with Crippen LogP contribution in [0.2, 0.25) is 0 Å². The summed E-state index contributed by atoms with van der Waals surface area (Å²) >= 11 is 0. The fraction of sp³-hybridized carbons (Fsp3) is 0.528. The third kappa shape index (κ3) is 9.09. The molecule has 3 heterocycles. The Balaban J connectivity index is 0.00000111. The quantitative estimate of drug-likeness (QED) is 0.225. The number of carbonyl (C=O) groups is 2. The van der Waals surface area contributed by atoms with E-state index in [1.165, 1.54) is 19.2 Å². The number of piperazine rings is 1. The SMILES string of the molecule is CC(=O)O.CN1CCN(C2CCC([C@]3(NCc4ccccc4NC(=O)OC(C)(C)C)C=C[C@](N)(c4n[nH]c5ncncc54)C=C3)CC2)CC1. The number of likely N-dealkylation sites (N-methyl/N-ethyl adjacent to an activating group) is 1. The maximum Gasteiger partial charge on any atom is 0.412 e. The zero-order chi connectivity index (χ0) is 35.2. The number of benzene rings is 1. The van der Waals surface area contributed by atoms with Crippen molar-refractivity contribution in [3.63, 3.8) is 0 Å². The van der Waals surface area contributed by atoms with Gasteiger partial charge in [0.1, 0.15) is 17.6 Å². The fourth-order valence-electron chi connectivity index (χ4n) is 7.01. The molecule has 0 bridgehead atoms. The molecular weight excluding hydrogens is 622 g/mol. The van der Waals surface area contributed by atoms with E-state index in [1.54, 1.807) is 6.20 Å². The Labute approximate surface area is 288 Å². The molecule has 0 spiro atoms. The molecule has 6 N–H and O–H groups in total. The van der Waals surface area contributed by atoms with Crippen molar-refractivity contribution >= 4 is 28.8 Å². The summed E-state index contributed by atoms with van der Waals surface area (Å²) < 4.78 is 5.53. The van der Waals surface area contributed by atoms with E-state index in [9.17, 15) is 4.79 Å². The minimum Gasteiger partial charge on any atom is -0.481 e. The molecule has 49 heavy (non-hydrogen) atoms. The van der Waals surface area contributed by atoms with Gasteiger partial charge < -0.3 is 25.8 Å². The Hall–Kier alpha value is -4.17. The van der Waals surface area contributed by atoms with Gasteiger partial charge in [0.05, 0.1) is 16.5 Å². The van der Waals surface area contributed by atoms with E-state index < -0.39 is 28.7 Å². The normalized spacial score (nSPS) is 26.2. The van der Waals surface area contributed by atoms with Gasteiger partial charge in [-0.25, -0.2) is 14.8 Å². The molecule has 2 aromatic heterocycles. The molecule has 6 rings (SSSR count). The summed E-state index contributed by atoms with van der Waals surface area (Å²) in [6.45, 7) is 11.8. The predicted molar refractivity (Wildman–Crippen MR) is 190 cm³/mol. The van der Waals surface area contributed by atoms with Crippen LogP contribution >= 0.6 is 0 Å². The highest BCUT2D eigenvalue weighted by molar-refractivity contribution is 5.86. The Morgan fingerprint density at radius 1 is 1.06 bits per heavy atom. The molecule has 1 saturated carbocycles. The van der Waals surface area contributed by atoms with Crippen molar-refractivity contribution in [1.29, 1.82) is 0 Å². The number of carbonyl (C=O) groups excluding carboxylic acids is 1. The molecule has 1 aliphatic heterocycles. The van der Waals surface area contributed by atoms with Crippen molar-refractivity contribution in [2.24, 2.45) is 11.7 Å². The molecule has 0 radical (unpaired) electrons. The van der Waals surface area contributed by atoms with Crippen molar-refractivity contribution in [2.75, 3.05) is 38.5 Å². The molecular formula is C36H51N9O4. The summed E-state index contributed by atoms with van der Waals surface area (Å²) in [5, 5.41) is 22.6. The first-order valence-electron chi connectivity index (χ1n) is 17.1. The first kappa shape index (κ1) is 36.1. The highest BCUT2D eigenvalue weighted by Crippen LogP contribution is 2.41. The van der Waals surface area contributed by atoms with Gasteiger partial charge in [-0.05, 0) is 71.0 Å². The Kier molecular flexibility index (Phi) is 11.2. The number of aromatic nitrogens is 4. The standard InChI is InChI=1S/C34H47N9O2.C2H4O2/c1-32(2,3)45-31(44)39-28-8-6-5-7-24(28)21-38-34(25-9-11-26(12-10-25)43-19-17-42(4)18-20-43)15-13-33(35,14-16-34)29-27-22-36-23-37-30(27)41-40-29;1-2(3)4/h5-8,13-16,22-23,25-26,38H,9-12,17-21,35H2,1-4H3,(H,39,44)(H,36,37,40,41);1H3,(H,3,4)/t25?,26?,33-,34+;. The number of carboxylic acid groups (broad SMARTS) is 1. The number of nitrogens with one attached hydrogen (secondary N) is 3. The van der Waals surface area contributed by atoms with Crippen molar-refractivity contribution < 1.29 is 19.4 Å². The van der Waals surface area contributed by atoms with Crippen LogP contribution < -0.4 is 16.4 Å². The van der Waals surface area contributed by atoms with Gasteiger partial charge in [0.15, 0.2) is 5.65 Å². The summed E-state index contributed by atoms with van der Waals surface area (Å²) in [4.78, 5) is 35.3. The zero-order valence-corrected chi connectivity index (χ0v) is 29.3. The molecule has 0 atom stereocenters. The molecule has 264 valence electrons. The second-order valence-electron chi connectivity index (χ2n) is 14.4. The number of nitrogens with two attached hydrogens (primary N) is 1. The molecule has 13 heteroatoms. The summed E-state index contributed by atoms with van der Waals surface area (Å²) in [7, 11) is 2.21. The average Bonchev–Trinajstić information content (AvgIpc) is 3.50. The Morgan fingerprint density at radius 2 is 1.71 bits per heavy atom. The van der Waals surface area contributed by atoms with Gasteiger partial charge in [-0.2, -0.15) is 5.10 Å². The lowest BCUT2D eigenvalue weighted by atomic mass is 9.69. The number of aliphatic carboxylic acids is 1. The van der Waals surface area contributed by atoms with Crippen molar-refractivity contribution in [3.8, 4) is 0 Å². The minimum absolute atomic E-state index is 0.378. The summed E-state index contributed by atoms with van der Waals surface area (Å²) in [5.41, 5.74) is 8.17. The highest BCUT2D eigenvalue weighted by atomic mass is 16.6.